The molecule has 2 atom stereocenters. The molecule has 1 N–H and O–H groups in total. The molecule has 3 heterocycles. The number of benzene rings is 1. The van der Waals surface area contributed by atoms with Crippen molar-refractivity contribution in [2.24, 2.45) is 0 Å². The van der Waals surface area contributed by atoms with E-state index >= 15 is 0 Å². The van der Waals surface area contributed by atoms with Gasteiger partial charge in [0, 0.05) is 49.0 Å². The van der Waals surface area contributed by atoms with Gasteiger partial charge in [0.15, 0.2) is 0 Å². The van der Waals surface area contributed by atoms with Crippen molar-refractivity contribution in [1.29, 1.82) is 0 Å². The van der Waals surface area contributed by atoms with Crippen LogP contribution in [0.15, 0.2) is 30.5 Å². The van der Waals surface area contributed by atoms with Gasteiger partial charge in [0.25, 0.3) is 5.60 Å². The second kappa shape index (κ2) is 9.76. The summed E-state index contributed by atoms with van der Waals surface area (Å²) in [6.45, 7) is 4.96. The molecule has 4 rings (SSSR count). The number of piperazine rings is 1. The number of fused-ring (bicyclic) bond motifs is 2. The fourth-order valence-electron chi connectivity index (χ4n) is 5.68. The molecule has 0 radical (unpaired) electrons. The third kappa shape index (κ3) is 5.05. The van der Waals surface area contributed by atoms with E-state index in [1.807, 2.05) is 13.0 Å². The topological polar surface area (TPSA) is 73.7 Å². The first-order valence-electron chi connectivity index (χ1n) is 12.1. The van der Waals surface area contributed by atoms with Crippen LogP contribution in [0.3, 0.4) is 0 Å². The van der Waals surface area contributed by atoms with Crippen molar-refractivity contribution >= 4 is 10.0 Å². The van der Waals surface area contributed by atoms with Crippen LogP contribution in [0, 0.1) is 6.92 Å². The smallest absolute Gasteiger partial charge is 0.369 e. The average Bonchev–Trinajstić information content (AvgIpc) is 3.09. The molecule has 2 aliphatic heterocycles. The SMILES string of the molecule is CCc1cc(CN2CC3CCC(C2)N3S(C)(=O)=O)cnc1-c1ccc(C(O)(C(F)(F)F)C(F)(F)F)cc1C. The van der Waals surface area contributed by atoms with Crippen molar-refractivity contribution in [1.82, 2.24) is 14.2 Å². The summed E-state index contributed by atoms with van der Waals surface area (Å²) in [6, 6.07) is 4.21. The second-order valence-electron chi connectivity index (χ2n) is 10.1. The van der Waals surface area contributed by atoms with E-state index in [1.165, 1.54) is 13.2 Å². The Kier molecular flexibility index (Phi) is 7.39. The number of aryl methyl sites for hydroxylation is 2. The number of hydrogen-bond acceptors (Lipinski definition) is 5. The minimum absolute atomic E-state index is 0.0742. The van der Waals surface area contributed by atoms with Crippen LogP contribution in [-0.4, -0.2) is 71.5 Å². The van der Waals surface area contributed by atoms with Gasteiger partial charge in [-0.1, -0.05) is 31.2 Å². The summed E-state index contributed by atoms with van der Waals surface area (Å²) in [5, 5.41) is 9.73. The van der Waals surface area contributed by atoms with Crippen LogP contribution in [0.1, 0.15) is 42.0 Å². The van der Waals surface area contributed by atoms with Crippen molar-refractivity contribution in [3.05, 3.63) is 52.7 Å². The van der Waals surface area contributed by atoms with E-state index in [-0.39, 0.29) is 17.6 Å². The van der Waals surface area contributed by atoms with Crippen LogP contribution in [0.25, 0.3) is 11.3 Å². The molecule has 13 heteroatoms. The number of aromatic nitrogens is 1. The van der Waals surface area contributed by atoms with Crippen LogP contribution < -0.4 is 0 Å². The molecule has 0 amide bonds. The first-order chi connectivity index (χ1) is 17.5. The van der Waals surface area contributed by atoms with Gasteiger partial charge in [-0.3, -0.25) is 9.88 Å². The predicted octanol–water partition coefficient (Wildman–Crippen LogP) is 4.54. The molecular formula is C25H29F6N3O3S. The zero-order valence-corrected chi connectivity index (χ0v) is 21.9. The number of halogens is 6. The van der Waals surface area contributed by atoms with Crippen LogP contribution in [0.5, 0.6) is 0 Å². The highest BCUT2D eigenvalue weighted by Crippen LogP contribution is 2.50. The number of nitrogens with zero attached hydrogens (tertiary/aromatic N) is 3. The van der Waals surface area contributed by atoms with Gasteiger partial charge in [0.2, 0.25) is 10.0 Å². The van der Waals surface area contributed by atoms with Crippen LogP contribution in [-0.2, 0) is 28.6 Å². The Balaban J connectivity index is 1.59. The van der Waals surface area contributed by atoms with Crippen LogP contribution in [0.4, 0.5) is 26.3 Å². The maximum absolute atomic E-state index is 13.3. The lowest BCUT2D eigenvalue weighted by Crippen LogP contribution is -2.54. The molecule has 210 valence electrons. The van der Waals surface area contributed by atoms with E-state index in [9.17, 15) is 39.9 Å². The Morgan fingerprint density at radius 3 is 2.08 bits per heavy atom. The summed E-state index contributed by atoms with van der Waals surface area (Å²) in [5.41, 5.74) is -3.76. The van der Waals surface area contributed by atoms with E-state index in [2.05, 4.69) is 9.88 Å². The van der Waals surface area contributed by atoms with Crippen LogP contribution >= 0.6 is 0 Å². The molecule has 2 aromatic rings. The Hall–Kier alpha value is -2.22. The molecule has 6 nitrogen and oxygen atoms in total. The number of aliphatic hydroxyl groups is 1. The molecule has 2 unspecified atom stereocenters. The molecule has 0 saturated carbocycles. The number of pyridine rings is 1. The summed E-state index contributed by atoms with van der Waals surface area (Å²) in [6.07, 6.45) is -6.95. The molecule has 1 aromatic carbocycles. The van der Waals surface area contributed by atoms with Gasteiger partial charge in [0.1, 0.15) is 0 Å². The summed E-state index contributed by atoms with van der Waals surface area (Å²) < 4.78 is 106. The van der Waals surface area contributed by atoms with Gasteiger partial charge >= 0.3 is 12.4 Å². The first-order valence-corrected chi connectivity index (χ1v) is 14.0. The van der Waals surface area contributed by atoms with Crippen molar-refractivity contribution in [2.75, 3.05) is 19.3 Å². The Morgan fingerprint density at radius 2 is 1.61 bits per heavy atom. The Bertz CT molecular complexity index is 1280. The fraction of sp³-hybridized carbons (Fsp3) is 0.560. The highest BCUT2D eigenvalue weighted by atomic mass is 32.2. The average molecular weight is 566 g/mol. The summed E-state index contributed by atoms with van der Waals surface area (Å²) >= 11 is 0. The predicted molar refractivity (Wildman–Crippen MR) is 129 cm³/mol. The highest BCUT2D eigenvalue weighted by molar-refractivity contribution is 7.88. The van der Waals surface area contributed by atoms with Crippen molar-refractivity contribution in [3.8, 4) is 11.3 Å². The van der Waals surface area contributed by atoms with Gasteiger partial charge in [-0.2, -0.15) is 30.6 Å². The van der Waals surface area contributed by atoms with Gasteiger partial charge in [-0.15, -0.1) is 0 Å². The number of hydrogen-bond donors (Lipinski definition) is 1. The molecule has 1 aromatic heterocycles. The van der Waals surface area contributed by atoms with E-state index in [4.69, 9.17) is 0 Å². The number of sulfonamides is 1. The number of likely N-dealkylation sites (tertiary alicyclic amines) is 1. The van der Waals surface area contributed by atoms with Crippen LogP contribution in [0.2, 0.25) is 0 Å². The largest absolute Gasteiger partial charge is 0.430 e. The maximum atomic E-state index is 13.3. The minimum Gasteiger partial charge on any atom is -0.369 e. The summed E-state index contributed by atoms with van der Waals surface area (Å²) in [4.78, 5) is 6.68. The van der Waals surface area contributed by atoms with Crippen molar-refractivity contribution in [2.45, 2.75) is 69.7 Å². The lowest BCUT2D eigenvalue weighted by molar-refractivity contribution is -0.376. The molecule has 38 heavy (non-hydrogen) atoms. The quantitative estimate of drug-likeness (QED) is 0.521. The molecule has 0 spiro atoms. The maximum Gasteiger partial charge on any atom is 0.430 e. The minimum atomic E-state index is -5.96. The molecule has 0 aliphatic carbocycles. The van der Waals surface area contributed by atoms with Crippen molar-refractivity contribution in [3.63, 3.8) is 0 Å². The van der Waals surface area contributed by atoms with E-state index in [0.29, 0.717) is 49.4 Å². The number of rotatable bonds is 6. The molecule has 2 fully saturated rings. The van der Waals surface area contributed by atoms with Gasteiger partial charge < -0.3 is 5.11 Å². The zero-order chi connectivity index (χ0) is 28.3. The zero-order valence-electron chi connectivity index (χ0n) is 21.1. The molecule has 2 bridgehead atoms. The van der Waals surface area contributed by atoms with E-state index in [0.717, 1.165) is 30.0 Å². The van der Waals surface area contributed by atoms with E-state index < -0.39 is 33.5 Å². The standard InChI is InChI=1S/C25H29F6N3O3S/c1-4-17-10-16(12-33-13-19-6-7-20(14-33)34(19)38(3,36)37)11-32-22(17)21-8-5-18(9-15(21)2)23(35,24(26,27)28)25(29,30)31/h5,8-11,19-20,35H,4,6-7,12-14H2,1-3H3. The lowest BCUT2D eigenvalue weighted by Gasteiger charge is -2.39. The van der Waals surface area contributed by atoms with Gasteiger partial charge in [-0.05, 0) is 42.9 Å². The Labute approximate surface area is 217 Å². The molecule has 2 aliphatic rings. The van der Waals surface area contributed by atoms with Gasteiger partial charge in [-0.25, -0.2) is 8.42 Å². The van der Waals surface area contributed by atoms with Crippen molar-refractivity contribution < 1.29 is 39.9 Å². The van der Waals surface area contributed by atoms with E-state index in [1.54, 1.807) is 10.5 Å². The third-order valence-corrected chi connectivity index (χ3v) is 8.77. The lowest BCUT2D eigenvalue weighted by atomic mass is 9.88. The summed E-state index contributed by atoms with van der Waals surface area (Å²) in [7, 11) is -3.28. The fourth-order valence-corrected chi connectivity index (χ4v) is 7.11. The molecule has 2 saturated heterocycles. The highest BCUT2D eigenvalue weighted by Gasteiger charge is 2.71. The third-order valence-electron chi connectivity index (χ3n) is 7.40. The Morgan fingerprint density at radius 1 is 1.03 bits per heavy atom. The molecular weight excluding hydrogens is 536 g/mol. The second-order valence-corrected chi connectivity index (χ2v) is 12.0. The van der Waals surface area contributed by atoms with Gasteiger partial charge in [0.05, 0.1) is 11.9 Å². The first kappa shape index (κ1) is 28.8. The normalized spacial score (nSPS) is 21.7. The summed E-state index contributed by atoms with van der Waals surface area (Å²) in [5.74, 6) is 0. The number of alkyl halides is 6. The monoisotopic (exact) mass is 565 g/mol.